The van der Waals surface area contributed by atoms with Crippen LogP contribution in [0.4, 0.5) is 18.9 Å². The highest BCUT2D eigenvalue weighted by Gasteiger charge is 2.33. The topological polar surface area (TPSA) is 60.9 Å². The molecule has 3 rings (SSSR count). The Morgan fingerprint density at radius 3 is 2.07 bits per heavy atom. The summed E-state index contributed by atoms with van der Waals surface area (Å²) in [7, 11) is -2.12. The van der Waals surface area contributed by atoms with Gasteiger partial charge >= 0.3 is 6.18 Å². The van der Waals surface area contributed by atoms with Gasteiger partial charge in [0.15, 0.2) is 0 Å². The number of amides is 1. The van der Waals surface area contributed by atoms with Gasteiger partial charge in [0.25, 0.3) is 0 Å². The van der Waals surface area contributed by atoms with Crippen molar-refractivity contribution in [3.05, 3.63) is 60.2 Å². The van der Waals surface area contributed by atoms with Gasteiger partial charge in [-0.2, -0.15) is 17.5 Å². The summed E-state index contributed by atoms with van der Waals surface area (Å²) in [4.78, 5) is 15.8. The van der Waals surface area contributed by atoms with Crippen LogP contribution in [-0.2, 0) is 21.0 Å². The van der Waals surface area contributed by atoms with Gasteiger partial charge in [-0.15, -0.1) is 0 Å². The first-order chi connectivity index (χ1) is 14.1. The fourth-order valence-corrected chi connectivity index (χ4v) is 4.64. The van der Waals surface area contributed by atoms with Gasteiger partial charge in [0, 0.05) is 38.9 Å². The maximum Gasteiger partial charge on any atom is 0.416 e. The standard InChI is InChI=1S/C20H22F3N3O3S/c1-24(17-5-3-2-4-6-17)15-19(27)25-11-13-26(14-12-25)30(28,29)18-9-7-16(8-10-18)20(21,22)23/h2-10H,11-15H2,1H3. The average molecular weight is 441 g/mol. The molecule has 0 saturated carbocycles. The van der Waals surface area contributed by atoms with Crippen LogP contribution in [0.25, 0.3) is 0 Å². The molecule has 1 saturated heterocycles. The molecule has 0 bridgehead atoms. The molecule has 0 N–H and O–H groups in total. The van der Waals surface area contributed by atoms with Crippen molar-refractivity contribution in [1.82, 2.24) is 9.21 Å². The highest BCUT2D eigenvalue weighted by molar-refractivity contribution is 7.89. The molecule has 1 heterocycles. The highest BCUT2D eigenvalue weighted by Crippen LogP contribution is 2.30. The zero-order valence-electron chi connectivity index (χ0n) is 16.3. The summed E-state index contributed by atoms with van der Waals surface area (Å²) in [5.74, 6) is -0.118. The molecule has 10 heteroatoms. The Morgan fingerprint density at radius 2 is 1.53 bits per heavy atom. The number of benzene rings is 2. The zero-order chi connectivity index (χ0) is 21.9. The number of sulfonamides is 1. The predicted octanol–water partition coefficient (Wildman–Crippen LogP) is 2.67. The molecule has 0 unspecified atom stereocenters. The molecule has 162 valence electrons. The van der Waals surface area contributed by atoms with Crippen LogP contribution in [0.2, 0.25) is 0 Å². The Bertz CT molecular complexity index is 972. The van der Waals surface area contributed by atoms with Crippen molar-refractivity contribution in [3.8, 4) is 0 Å². The minimum absolute atomic E-state index is 0.0874. The lowest BCUT2D eigenvalue weighted by molar-refractivity contribution is -0.137. The first kappa shape index (κ1) is 22.1. The molecule has 0 aliphatic carbocycles. The molecule has 1 aliphatic heterocycles. The molecular formula is C20H22F3N3O3S. The van der Waals surface area contributed by atoms with Gasteiger partial charge in [-0.3, -0.25) is 4.79 Å². The lowest BCUT2D eigenvalue weighted by atomic mass is 10.2. The number of hydrogen-bond acceptors (Lipinski definition) is 4. The molecule has 1 aliphatic rings. The summed E-state index contributed by atoms with van der Waals surface area (Å²) in [6.45, 7) is 0.784. The van der Waals surface area contributed by atoms with Crippen LogP contribution in [0.3, 0.4) is 0 Å². The van der Waals surface area contributed by atoms with E-state index in [1.807, 2.05) is 35.2 Å². The van der Waals surface area contributed by atoms with E-state index >= 15 is 0 Å². The largest absolute Gasteiger partial charge is 0.416 e. The highest BCUT2D eigenvalue weighted by atomic mass is 32.2. The first-order valence-electron chi connectivity index (χ1n) is 9.30. The van der Waals surface area contributed by atoms with E-state index in [-0.39, 0.29) is 43.5 Å². The summed E-state index contributed by atoms with van der Waals surface area (Å²) < 4.78 is 64.7. The Morgan fingerprint density at radius 1 is 0.967 bits per heavy atom. The number of halogens is 3. The molecule has 0 spiro atoms. The number of hydrogen-bond donors (Lipinski definition) is 0. The monoisotopic (exact) mass is 441 g/mol. The minimum Gasteiger partial charge on any atom is -0.365 e. The molecule has 6 nitrogen and oxygen atoms in total. The summed E-state index contributed by atoms with van der Waals surface area (Å²) in [6, 6.07) is 12.9. The third kappa shape index (κ3) is 4.93. The molecule has 2 aromatic carbocycles. The van der Waals surface area contributed by atoms with E-state index < -0.39 is 21.8 Å². The van der Waals surface area contributed by atoms with E-state index in [1.165, 1.54) is 4.31 Å². The fraction of sp³-hybridized carbons (Fsp3) is 0.350. The number of anilines is 1. The van der Waals surface area contributed by atoms with E-state index in [0.29, 0.717) is 0 Å². The van der Waals surface area contributed by atoms with Gasteiger partial charge in [-0.1, -0.05) is 18.2 Å². The third-order valence-electron chi connectivity index (χ3n) is 4.98. The van der Waals surface area contributed by atoms with Crippen LogP contribution in [-0.4, -0.2) is 63.3 Å². The van der Waals surface area contributed by atoms with Gasteiger partial charge in [0.1, 0.15) is 0 Å². The van der Waals surface area contributed by atoms with Crippen molar-refractivity contribution >= 4 is 21.6 Å². The number of carbonyl (C=O) groups is 1. The summed E-state index contributed by atoms with van der Waals surface area (Å²) >= 11 is 0. The average Bonchev–Trinajstić information content (AvgIpc) is 2.74. The quantitative estimate of drug-likeness (QED) is 0.716. The van der Waals surface area contributed by atoms with Crippen LogP contribution >= 0.6 is 0 Å². The lowest BCUT2D eigenvalue weighted by Gasteiger charge is -2.35. The smallest absolute Gasteiger partial charge is 0.365 e. The summed E-state index contributed by atoms with van der Waals surface area (Å²) in [5.41, 5.74) is -0.00577. The van der Waals surface area contributed by atoms with Gasteiger partial charge in [-0.05, 0) is 36.4 Å². The van der Waals surface area contributed by atoms with Crippen molar-refractivity contribution in [2.24, 2.45) is 0 Å². The van der Waals surface area contributed by atoms with E-state index in [1.54, 1.807) is 11.9 Å². The molecule has 0 radical (unpaired) electrons. The van der Waals surface area contributed by atoms with Crippen molar-refractivity contribution < 1.29 is 26.4 Å². The normalized spacial score (nSPS) is 15.8. The molecular weight excluding hydrogens is 419 g/mol. The van der Waals surface area contributed by atoms with Gasteiger partial charge < -0.3 is 9.80 Å². The Hall–Kier alpha value is -2.59. The molecule has 0 atom stereocenters. The summed E-state index contributed by atoms with van der Waals surface area (Å²) in [6.07, 6.45) is -4.53. The van der Waals surface area contributed by atoms with Crippen molar-refractivity contribution in [2.45, 2.75) is 11.1 Å². The van der Waals surface area contributed by atoms with Crippen LogP contribution in [0, 0.1) is 0 Å². The number of likely N-dealkylation sites (N-methyl/N-ethyl adjacent to an activating group) is 1. The Balaban J connectivity index is 1.59. The van der Waals surface area contributed by atoms with Crippen molar-refractivity contribution in [3.63, 3.8) is 0 Å². The number of carbonyl (C=O) groups excluding carboxylic acids is 1. The molecule has 2 aromatic rings. The molecule has 1 amide bonds. The lowest BCUT2D eigenvalue weighted by Crippen LogP contribution is -2.52. The number of rotatable bonds is 5. The zero-order valence-corrected chi connectivity index (χ0v) is 17.2. The van der Waals surface area contributed by atoms with Crippen LogP contribution in [0.5, 0.6) is 0 Å². The van der Waals surface area contributed by atoms with Gasteiger partial charge in [0.2, 0.25) is 15.9 Å². The third-order valence-corrected chi connectivity index (χ3v) is 6.89. The molecule has 30 heavy (non-hydrogen) atoms. The fourth-order valence-electron chi connectivity index (χ4n) is 3.22. The van der Waals surface area contributed by atoms with Crippen LogP contribution in [0.1, 0.15) is 5.56 Å². The number of nitrogens with zero attached hydrogens (tertiary/aromatic N) is 3. The molecule has 1 fully saturated rings. The maximum absolute atomic E-state index is 12.7. The second-order valence-electron chi connectivity index (χ2n) is 7.00. The Kier molecular flexibility index (Phi) is 6.37. The maximum atomic E-state index is 12.7. The van der Waals surface area contributed by atoms with Crippen molar-refractivity contribution in [1.29, 1.82) is 0 Å². The first-order valence-corrected chi connectivity index (χ1v) is 10.7. The van der Waals surface area contributed by atoms with E-state index in [2.05, 4.69) is 0 Å². The van der Waals surface area contributed by atoms with Crippen LogP contribution < -0.4 is 4.90 Å². The van der Waals surface area contributed by atoms with E-state index in [9.17, 15) is 26.4 Å². The van der Waals surface area contributed by atoms with Gasteiger partial charge in [0.05, 0.1) is 17.0 Å². The van der Waals surface area contributed by atoms with E-state index in [4.69, 9.17) is 0 Å². The van der Waals surface area contributed by atoms with Gasteiger partial charge in [-0.25, -0.2) is 8.42 Å². The second kappa shape index (κ2) is 8.65. The van der Waals surface area contributed by atoms with Crippen molar-refractivity contribution in [2.75, 3.05) is 44.7 Å². The Labute approximate surface area is 173 Å². The predicted molar refractivity (Wildman–Crippen MR) is 106 cm³/mol. The SMILES string of the molecule is CN(CC(=O)N1CCN(S(=O)(=O)c2ccc(C(F)(F)F)cc2)CC1)c1ccccc1. The number of alkyl halides is 3. The minimum atomic E-state index is -4.53. The second-order valence-corrected chi connectivity index (χ2v) is 8.94. The van der Waals surface area contributed by atoms with E-state index in [0.717, 1.165) is 30.0 Å². The molecule has 0 aromatic heterocycles. The number of piperazine rings is 1. The number of para-hydroxylation sites is 1. The van der Waals surface area contributed by atoms with Crippen LogP contribution in [0.15, 0.2) is 59.5 Å². The summed E-state index contributed by atoms with van der Waals surface area (Å²) in [5, 5.41) is 0.